The van der Waals surface area contributed by atoms with Crippen LogP contribution >= 0.6 is 59.4 Å². The number of rotatable bonds is 5. The van der Waals surface area contributed by atoms with Gasteiger partial charge in [0.2, 0.25) is 0 Å². The van der Waals surface area contributed by atoms with Gasteiger partial charge in [-0.15, -0.1) is 0 Å². The quantitative estimate of drug-likeness (QED) is 0.503. The van der Waals surface area contributed by atoms with Gasteiger partial charge in [0, 0.05) is 33.2 Å². The third-order valence-corrected chi connectivity index (χ3v) is 6.85. The first-order valence-corrected chi connectivity index (χ1v) is 9.91. The second-order valence-corrected chi connectivity index (χ2v) is 7.61. The summed E-state index contributed by atoms with van der Waals surface area (Å²) in [5.41, 5.74) is 3.30. The molecule has 1 aromatic carbocycles. The lowest BCUT2D eigenvalue weighted by Gasteiger charge is -2.31. The van der Waals surface area contributed by atoms with Gasteiger partial charge in [0.1, 0.15) is 5.15 Å². The number of aromatic nitrogens is 2. The molecule has 2 nitrogen and oxygen atoms in total. The van der Waals surface area contributed by atoms with Crippen LogP contribution in [0.15, 0.2) is 28.7 Å². The number of hydrogen-bond donors (Lipinski definition) is 0. The van der Waals surface area contributed by atoms with E-state index in [9.17, 15) is 0 Å². The van der Waals surface area contributed by atoms with Crippen molar-refractivity contribution in [1.82, 2.24) is 9.78 Å². The molecule has 0 unspecified atom stereocenters. The lowest BCUT2D eigenvalue weighted by atomic mass is 9.79. The summed E-state index contributed by atoms with van der Waals surface area (Å²) in [6.07, 6.45) is 0.832. The van der Waals surface area contributed by atoms with Crippen LogP contribution in [0.1, 0.15) is 16.8 Å². The van der Waals surface area contributed by atoms with Crippen molar-refractivity contribution in [2.45, 2.75) is 18.8 Å². The first kappa shape index (κ1) is 17.5. The molecule has 0 bridgehead atoms. The number of nitrogens with zero attached hydrogens (tertiary/aromatic N) is 2. The van der Waals surface area contributed by atoms with E-state index >= 15 is 0 Å². The zero-order valence-corrected chi connectivity index (χ0v) is 17.4. The van der Waals surface area contributed by atoms with Crippen LogP contribution in [0.5, 0.6) is 0 Å². The normalized spacial score (nSPS) is 11.9. The van der Waals surface area contributed by atoms with E-state index < -0.39 is 0 Å². The average Bonchev–Trinajstić information content (AvgIpc) is 2.70. The SMILES string of the molecule is Cc1nn(C)c(Cl)c1CC(CBr)(CBr)c1cccc(Br)c1. The molecule has 0 aliphatic rings. The number of alkyl halides is 2. The second-order valence-electron chi connectivity index (χ2n) is 5.21. The Kier molecular flexibility index (Phi) is 5.97. The third-order valence-electron chi connectivity index (χ3n) is 3.73. The molecule has 2 aromatic rings. The number of benzene rings is 1. The first-order chi connectivity index (χ1) is 9.93. The molecular formula is C15H16Br3ClN2. The van der Waals surface area contributed by atoms with E-state index in [0.717, 1.165) is 32.8 Å². The molecule has 0 saturated heterocycles. The summed E-state index contributed by atoms with van der Waals surface area (Å²) < 4.78 is 2.82. The van der Waals surface area contributed by atoms with E-state index in [1.54, 1.807) is 4.68 Å². The Morgan fingerprint density at radius 3 is 2.43 bits per heavy atom. The maximum absolute atomic E-state index is 6.41. The number of hydrogen-bond acceptors (Lipinski definition) is 1. The van der Waals surface area contributed by atoms with Crippen molar-refractivity contribution >= 4 is 59.4 Å². The molecule has 0 radical (unpaired) electrons. The molecule has 0 amide bonds. The van der Waals surface area contributed by atoms with Crippen molar-refractivity contribution in [2.75, 3.05) is 10.7 Å². The Bertz CT molecular complexity index is 636. The smallest absolute Gasteiger partial charge is 0.130 e. The maximum Gasteiger partial charge on any atom is 0.130 e. The van der Waals surface area contributed by atoms with Crippen LogP contribution in [-0.2, 0) is 18.9 Å². The minimum atomic E-state index is -0.0682. The fourth-order valence-electron chi connectivity index (χ4n) is 2.42. The molecule has 1 heterocycles. The summed E-state index contributed by atoms with van der Waals surface area (Å²) in [5, 5.41) is 6.82. The van der Waals surface area contributed by atoms with Crippen molar-refractivity contribution in [3.8, 4) is 0 Å². The van der Waals surface area contributed by atoms with E-state index in [1.165, 1.54) is 5.56 Å². The maximum atomic E-state index is 6.41. The second kappa shape index (κ2) is 7.16. The van der Waals surface area contributed by atoms with Gasteiger partial charge in [0.05, 0.1) is 5.69 Å². The number of aryl methyl sites for hydroxylation is 2. The molecule has 0 aliphatic heterocycles. The van der Waals surface area contributed by atoms with E-state index in [1.807, 2.05) is 20.0 Å². The van der Waals surface area contributed by atoms with Crippen LogP contribution in [0.25, 0.3) is 0 Å². The minimum Gasteiger partial charge on any atom is -0.257 e. The van der Waals surface area contributed by atoms with Crippen LogP contribution in [0.2, 0.25) is 5.15 Å². The Balaban J connectivity index is 2.48. The summed E-state index contributed by atoms with van der Waals surface area (Å²) >= 11 is 17.4. The lowest BCUT2D eigenvalue weighted by molar-refractivity contribution is 0.549. The minimum absolute atomic E-state index is 0.0682. The summed E-state index contributed by atoms with van der Waals surface area (Å²) in [7, 11) is 1.88. The Hall–Kier alpha value is 0.160. The van der Waals surface area contributed by atoms with Crippen molar-refractivity contribution in [1.29, 1.82) is 0 Å². The predicted octanol–water partition coefficient (Wildman–Crippen LogP) is 5.41. The number of halogens is 4. The topological polar surface area (TPSA) is 17.8 Å². The molecule has 21 heavy (non-hydrogen) atoms. The van der Waals surface area contributed by atoms with Gasteiger partial charge in [-0.05, 0) is 31.0 Å². The summed E-state index contributed by atoms with van der Waals surface area (Å²) in [4.78, 5) is 0. The predicted molar refractivity (Wildman–Crippen MR) is 100 cm³/mol. The fraction of sp³-hybridized carbons (Fsp3) is 0.400. The molecule has 0 spiro atoms. The Labute approximate surface area is 155 Å². The molecule has 0 aliphatic carbocycles. The Morgan fingerprint density at radius 1 is 1.29 bits per heavy atom. The highest BCUT2D eigenvalue weighted by molar-refractivity contribution is 9.10. The third kappa shape index (κ3) is 3.57. The van der Waals surface area contributed by atoms with Gasteiger partial charge >= 0.3 is 0 Å². The molecule has 0 fully saturated rings. The molecule has 2 rings (SSSR count). The molecular weight excluding hydrogens is 483 g/mol. The summed E-state index contributed by atoms with van der Waals surface area (Å²) in [6.45, 7) is 2.01. The highest BCUT2D eigenvalue weighted by Crippen LogP contribution is 2.36. The standard InChI is InChI=1S/C15H16Br3ClN2/c1-10-13(14(19)21(2)20-10)7-15(8-16,9-17)11-4-3-5-12(18)6-11/h3-6H,7-9H2,1-2H3. The van der Waals surface area contributed by atoms with Gasteiger partial charge in [-0.1, -0.05) is 71.5 Å². The molecule has 1 aromatic heterocycles. The van der Waals surface area contributed by atoms with Crippen molar-refractivity contribution in [3.63, 3.8) is 0 Å². The van der Waals surface area contributed by atoms with Crippen LogP contribution in [0.3, 0.4) is 0 Å². The zero-order valence-electron chi connectivity index (χ0n) is 11.8. The van der Waals surface area contributed by atoms with Gasteiger partial charge in [-0.2, -0.15) is 5.10 Å². The van der Waals surface area contributed by atoms with Crippen LogP contribution in [0.4, 0.5) is 0 Å². The summed E-state index contributed by atoms with van der Waals surface area (Å²) in [6, 6.07) is 8.44. The van der Waals surface area contributed by atoms with Gasteiger partial charge in [0.15, 0.2) is 0 Å². The van der Waals surface area contributed by atoms with Gasteiger partial charge in [-0.25, -0.2) is 0 Å². The fourth-order valence-corrected chi connectivity index (χ4v) is 5.03. The van der Waals surface area contributed by atoms with Gasteiger partial charge < -0.3 is 0 Å². The van der Waals surface area contributed by atoms with E-state index in [-0.39, 0.29) is 5.41 Å². The van der Waals surface area contributed by atoms with Gasteiger partial charge in [-0.3, -0.25) is 4.68 Å². The highest BCUT2D eigenvalue weighted by Gasteiger charge is 2.33. The Morgan fingerprint density at radius 2 is 1.95 bits per heavy atom. The first-order valence-electron chi connectivity index (χ1n) is 6.49. The van der Waals surface area contributed by atoms with Crippen molar-refractivity contribution < 1.29 is 0 Å². The monoisotopic (exact) mass is 496 g/mol. The molecule has 0 saturated carbocycles. The van der Waals surface area contributed by atoms with Crippen molar-refractivity contribution in [2.24, 2.45) is 7.05 Å². The largest absolute Gasteiger partial charge is 0.257 e. The molecule has 0 atom stereocenters. The lowest BCUT2D eigenvalue weighted by Crippen LogP contribution is -2.33. The van der Waals surface area contributed by atoms with E-state index in [2.05, 4.69) is 71.1 Å². The molecule has 6 heteroatoms. The molecule has 0 N–H and O–H groups in total. The molecule has 114 valence electrons. The van der Waals surface area contributed by atoms with Crippen molar-refractivity contribution in [3.05, 3.63) is 50.7 Å². The van der Waals surface area contributed by atoms with Gasteiger partial charge in [0.25, 0.3) is 0 Å². The van der Waals surface area contributed by atoms with Crippen LogP contribution in [0, 0.1) is 6.92 Å². The average molecular weight is 499 g/mol. The summed E-state index contributed by atoms with van der Waals surface area (Å²) in [5.74, 6) is 0. The van der Waals surface area contributed by atoms with E-state index in [4.69, 9.17) is 11.6 Å². The highest BCUT2D eigenvalue weighted by atomic mass is 79.9. The van der Waals surface area contributed by atoms with Crippen LogP contribution < -0.4 is 0 Å². The zero-order chi connectivity index (χ0) is 15.6. The van der Waals surface area contributed by atoms with E-state index in [0.29, 0.717) is 5.15 Å². The van der Waals surface area contributed by atoms with Crippen LogP contribution in [-0.4, -0.2) is 20.4 Å².